The standard InChI is InChI=1S/C20H18F3N5O3/c1-11-9-13(10-14(26-11)20(21,22)23)15-16(12-5-3-2-4-6-12)27-18(24)28-17(15)31-8-7-25-19(29)30/h2-6,9-10,25H,7-8H2,1H3,(H,29,30)(H2,24,27,28). The first-order valence-electron chi connectivity index (χ1n) is 9.04. The van der Waals surface area contributed by atoms with Gasteiger partial charge in [-0.25, -0.2) is 14.8 Å². The number of nitrogens with one attached hydrogen (secondary N) is 1. The highest BCUT2D eigenvalue weighted by Crippen LogP contribution is 2.39. The number of ether oxygens (including phenoxy) is 1. The normalized spacial score (nSPS) is 11.2. The third kappa shape index (κ3) is 5.38. The molecule has 2 aromatic heterocycles. The summed E-state index contributed by atoms with van der Waals surface area (Å²) >= 11 is 0. The van der Waals surface area contributed by atoms with Crippen LogP contribution in [0.5, 0.6) is 5.88 Å². The van der Waals surface area contributed by atoms with Crippen molar-refractivity contribution < 1.29 is 27.8 Å². The van der Waals surface area contributed by atoms with Crippen molar-refractivity contribution in [2.75, 3.05) is 18.9 Å². The molecule has 0 aliphatic heterocycles. The van der Waals surface area contributed by atoms with Crippen LogP contribution in [0.4, 0.5) is 23.9 Å². The Labute approximate surface area is 174 Å². The Morgan fingerprint density at radius 2 is 1.84 bits per heavy atom. The van der Waals surface area contributed by atoms with Gasteiger partial charge >= 0.3 is 12.3 Å². The molecule has 0 unspecified atom stereocenters. The number of hydrogen-bond donors (Lipinski definition) is 3. The lowest BCUT2D eigenvalue weighted by Crippen LogP contribution is -2.26. The van der Waals surface area contributed by atoms with Crippen LogP contribution in [0.25, 0.3) is 22.4 Å². The van der Waals surface area contributed by atoms with E-state index in [1.165, 1.54) is 13.0 Å². The summed E-state index contributed by atoms with van der Waals surface area (Å²) in [5.74, 6) is -0.220. The smallest absolute Gasteiger partial charge is 0.433 e. The summed E-state index contributed by atoms with van der Waals surface area (Å²) in [5.41, 5.74) is 6.07. The summed E-state index contributed by atoms with van der Waals surface area (Å²) in [6, 6.07) is 11.1. The molecule has 8 nitrogen and oxygen atoms in total. The van der Waals surface area contributed by atoms with Crippen LogP contribution in [0, 0.1) is 6.92 Å². The number of anilines is 1. The Hall–Kier alpha value is -3.89. The number of halogens is 3. The van der Waals surface area contributed by atoms with E-state index in [0.29, 0.717) is 5.56 Å². The largest absolute Gasteiger partial charge is 0.475 e. The number of aryl methyl sites for hydroxylation is 1. The third-order valence-electron chi connectivity index (χ3n) is 4.09. The molecule has 4 N–H and O–H groups in total. The molecule has 0 fully saturated rings. The number of nitrogens with two attached hydrogens (primary N) is 1. The molecule has 162 valence electrons. The van der Waals surface area contributed by atoms with Gasteiger partial charge < -0.3 is 20.9 Å². The summed E-state index contributed by atoms with van der Waals surface area (Å²) in [5, 5.41) is 10.8. The highest BCUT2D eigenvalue weighted by Gasteiger charge is 2.33. The van der Waals surface area contributed by atoms with Gasteiger partial charge in [-0.2, -0.15) is 18.2 Å². The number of amides is 1. The van der Waals surface area contributed by atoms with E-state index >= 15 is 0 Å². The fourth-order valence-corrected chi connectivity index (χ4v) is 2.89. The number of benzene rings is 1. The molecule has 3 aromatic rings. The number of aromatic nitrogens is 3. The Balaban J connectivity index is 2.18. The number of nitrogen functional groups attached to an aromatic ring is 1. The minimum Gasteiger partial charge on any atom is -0.475 e. The van der Waals surface area contributed by atoms with Crippen molar-refractivity contribution in [3.63, 3.8) is 0 Å². The van der Waals surface area contributed by atoms with Gasteiger partial charge in [-0.05, 0) is 24.6 Å². The Kier molecular flexibility index (Phi) is 6.23. The van der Waals surface area contributed by atoms with Gasteiger partial charge in [0.15, 0.2) is 0 Å². The van der Waals surface area contributed by atoms with E-state index in [1.54, 1.807) is 30.3 Å². The molecule has 3 rings (SSSR count). The first kappa shape index (κ1) is 21.8. The van der Waals surface area contributed by atoms with Crippen molar-refractivity contribution >= 4 is 12.0 Å². The van der Waals surface area contributed by atoms with Gasteiger partial charge in [0.1, 0.15) is 12.3 Å². The monoisotopic (exact) mass is 433 g/mol. The number of carbonyl (C=O) groups is 1. The average molecular weight is 433 g/mol. The van der Waals surface area contributed by atoms with E-state index in [0.717, 1.165) is 6.07 Å². The summed E-state index contributed by atoms with van der Waals surface area (Å²) in [4.78, 5) is 22.5. The molecule has 1 aromatic carbocycles. The molecular formula is C20H18F3N5O3. The lowest BCUT2D eigenvalue weighted by molar-refractivity contribution is -0.141. The number of nitrogens with zero attached hydrogens (tertiary/aromatic N) is 3. The summed E-state index contributed by atoms with van der Waals surface area (Å²) in [6.45, 7) is 1.25. The van der Waals surface area contributed by atoms with E-state index in [2.05, 4.69) is 20.3 Å². The maximum Gasteiger partial charge on any atom is 0.433 e. The first-order valence-corrected chi connectivity index (χ1v) is 9.04. The van der Waals surface area contributed by atoms with Crippen LogP contribution in [-0.2, 0) is 6.18 Å². The maximum atomic E-state index is 13.4. The van der Waals surface area contributed by atoms with Gasteiger partial charge in [0.25, 0.3) is 0 Å². The first-order chi connectivity index (χ1) is 14.6. The molecule has 0 saturated heterocycles. The second-order valence-corrected chi connectivity index (χ2v) is 6.44. The van der Waals surface area contributed by atoms with Crippen molar-refractivity contribution in [3.8, 4) is 28.3 Å². The van der Waals surface area contributed by atoms with Gasteiger partial charge in [0, 0.05) is 11.3 Å². The number of hydrogen-bond acceptors (Lipinski definition) is 6. The molecule has 0 aliphatic rings. The fourth-order valence-electron chi connectivity index (χ4n) is 2.89. The Bertz CT molecular complexity index is 1090. The van der Waals surface area contributed by atoms with Crippen LogP contribution in [-0.4, -0.2) is 39.3 Å². The zero-order valence-electron chi connectivity index (χ0n) is 16.3. The van der Waals surface area contributed by atoms with Crippen LogP contribution in [0.2, 0.25) is 0 Å². The maximum absolute atomic E-state index is 13.4. The molecule has 0 aliphatic carbocycles. The molecule has 0 atom stereocenters. The van der Waals surface area contributed by atoms with E-state index in [4.69, 9.17) is 15.6 Å². The molecule has 31 heavy (non-hydrogen) atoms. The number of rotatable bonds is 6. The van der Waals surface area contributed by atoms with Gasteiger partial charge in [-0.15, -0.1) is 0 Å². The highest BCUT2D eigenvalue weighted by atomic mass is 19.4. The topological polar surface area (TPSA) is 123 Å². The highest BCUT2D eigenvalue weighted by molar-refractivity contribution is 5.85. The van der Waals surface area contributed by atoms with Crippen molar-refractivity contribution in [3.05, 3.63) is 53.9 Å². The molecule has 0 bridgehead atoms. The van der Waals surface area contributed by atoms with Crippen LogP contribution < -0.4 is 15.8 Å². The fraction of sp³-hybridized carbons (Fsp3) is 0.200. The van der Waals surface area contributed by atoms with Gasteiger partial charge in [-0.1, -0.05) is 30.3 Å². The Morgan fingerprint density at radius 1 is 1.13 bits per heavy atom. The molecule has 0 saturated carbocycles. The molecular weight excluding hydrogens is 415 g/mol. The summed E-state index contributed by atoms with van der Waals surface area (Å²) in [7, 11) is 0. The van der Waals surface area contributed by atoms with Crippen LogP contribution in [0.1, 0.15) is 11.4 Å². The van der Waals surface area contributed by atoms with Crippen molar-refractivity contribution in [1.29, 1.82) is 0 Å². The SMILES string of the molecule is Cc1cc(-c2c(OCCNC(=O)O)nc(N)nc2-c2ccccc2)cc(C(F)(F)F)n1. The second kappa shape index (κ2) is 8.86. The van der Waals surface area contributed by atoms with E-state index in [1.807, 2.05) is 0 Å². The molecule has 1 amide bonds. The lowest BCUT2D eigenvalue weighted by Gasteiger charge is -2.17. The average Bonchev–Trinajstić information content (AvgIpc) is 2.70. The Morgan fingerprint density at radius 3 is 2.48 bits per heavy atom. The number of alkyl halides is 3. The van der Waals surface area contributed by atoms with Gasteiger partial charge in [0.2, 0.25) is 11.8 Å². The van der Waals surface area contributed by atoms with Crippen LogP contribution >= 0.6 is 0 Å². The van der Waals surface area contributed by atoms with Crippen molar-refractivity contribution in [2.45, 2.75) is 13.1 Å². The number of carboxylic acid groups (broad SMARTS) is 1. The molecule has 0 spiro atoms. The minimum atomic E-state index is -4.66. The van der Waals surface area contributed by atoms with E-state index in [9.17, 15) is 18.0 Å². The van der Waals surface area contributed by atoms with Crippen molar-refractivity contribution in [1.82, 2.24) is 20.3 Å². The molecule has 11 heteroatoms. The zero-order valence-corrected chi connectivity index (χ0v) is 16.3. The third-order valence-corrected chi connectivity index (χ3v) is 4.09. The number of pyridine rings is 1. The quantitative estimate of drug-likeness (QED) is 0.506. The summed E-state index contributed by atoms with van der Waals surface area (Å²) in [6.07, 6.45) is -5.90. The predicted molar refractivity (Wildman–Crippen MR) is 106 cm³/mol. The van der Waals surface area contributed by atoms with Crippen LogP contribution in [0.15, 0.2) is 42.5 Å². The van der Waals surface area contributed by atoms with E-state index < -0.39 is 18.0 Å². The second-order valence-electron chi connectivity index (χ2n) is 6.44. The van der Waals surface area contributed by atoms with Gasteiger partial charge in [0.05, 0.1) is 17.8 Å². The van der Waals surface area contributed by atoms with Gasteiger partial charge in [-0.3, -0.25) is 0 Å². The molecule has 2 heterocycles. The predicted octanol–water partition coefficient (Wildman–Crippen LogP) is 3.76. The lowest BCUT2D eigenvalue weighted by atomic mass is 9.99. The minimum absolute atomic E-state index is 0.0669. The summed E-state index contributed by atoms with van der Waals surface area (Å²) < 4.78 is 45.7. The zero-order chi connectivity index (χ0) is 22.6. The van der Waals surface area contributed by atoms with E-state index in [-0.39, 0.29) is 47.5 Å². The molecule has 0 radical (unpaired) electrons. The van der Waals surface area contributed by atoms with Crippen molar-refractivity contribution in [2.24, 2.45) is 0 Å². The van der Waals surface area contributed by atoms with Crippen LogP contribution in [0.3, 0.4) is 0 Å².